The van der Waals surface area contributed by atoms with Gasteiger partial charge in [0, 0.05) is 21.9 Å². The lowest BCUT2D eigenvalue weighted by Crippen LogP contribution is -2.11. The number of nitrogens with one attached hydrogen (secondary N) is 2. The second-order valence-corrected chi connectivity index (χ2v) is 8.74. The van der Waals surface area contributed by atoms with Crippen molar-refractivity contribution in [3.8, 4) is 0 Å². The molecule has 1 heterocycles. The van der Waals surface area contributed by atoms with Crippen LogP contribution in [0.5, 0.6) is 0 Å². The molecule has 24 heavy (non-hydrogen) atoms. The molecular weight excluding hydrogens is 340 g/mol. The van der Waals surface area contributed by atoms with Gasteiger partial charge < -0.3 is 5.32 Å². The molecule has 3 rings (SSSR count). The maximum Gasteiger partial charge on any atom is 0.271 e. The molecule has 1 aromatic heterocycles. The van der Waals surface area contributed by atoms with Crippen LogP contribution in [0.2, 0.25) is 0 Å². The molecule has 0 bridgehead atoms. The van der Waals surface area contributed by atoms with Gasteiger partial charge in [-0.05, 0) is 67.9 Å². The van der Waals surface area contributed by atoms with E-state index in [1.807, 2.05) is 44.2 Å². The number of hydrogen-bond acceptors (Lipinski definition) is 4. The third kappa shape index (κ3) is 3.96. The summed E-state index contributed by atoms with van der Waals surface area (Å²) in [5, 5.41) is 3.29. The first-order valence-corrected chi connectivity index (χ1v) is 9.75. The van der Waals surface area contributed by atoms with Crippen molar-refractivity contribution in [1.82, 2.24) is 0 Å². The van der Waals surface area contributed by atoms with Crippen molar-refractivity contribution in [1.29, 1.82) is 0 Å². The fraction of sp³-hybridized carbons (Fsp3) is 0.111. The van der Waals surface area contributed by atoms with Crippen LogP contribution in [0.3, 0.4) is 0 Å². The molecule has 4 nitrogen and oxygen atoms in total. The van der Waals surface area contributed by atoms with E-state index in [1.54, 1.807) is 24.3 Å². The minimum absolute atomic E-state index is 0.321. The highest BCUT2D eigenvalue weighted by molar-refractivity contribution is 7.94. The van der Waals surface area contributed by atoms with Gasteiger partial charge in [0.15, 0.2) is 0 Å². The number of aryl methyl sites for hydroxylation is 2. The Morgan fingerprint density at radius 2 is 1.54 bits per heavy atom. The second-order valence-electron chi connectivity index (χ2n) is 5.54. The minimum atomic E-state index is -3.52. The predicted molar refractivity (Wildman–Crippen MR) is 101 cm³/mol. The Labute approximate surface area is 146 Å². The molecule has 2 aromatic carbocycles. The van der Waals surface area contributed by atoms with Gasteiger partial charge in [-0.1, -0.05) is 12.1 Å². The van der Waals surface area contributed by atoms with Crippen LogP contribution in [0.25, 0.3) is 0 Å². The molecule has 0 saturated heterocycles. The Hall–Kier alpha value is -2.31. The zero-order chi connectivity index (χ0) is 17.2. The summed E-state index contributed by atoms with van der Waals surface area (Å²) in [5.41, 5.74) is 3.61. The third-order valence-electron chi connectivity index (χ3n) is 3.42. The fourth-order valence-corrected chi connectivity index (χ4v) is 4.61. The Kier molecular flexibility index (Phi) is 4.59. The van der Waals surface area contributed by atoms with E-state index in [2.05, 4.69) is 16.1 Å². The van der Waals surface area contributed by atoms with Crippen LogP contribution in [-0.2, 0) is 10.0 Å². The van der Waals surface area contributed by atoms with Gasteiger partial charge in [0.2, 0.25) is 0 Å². The summed E-state index contributed by atoms with van der Waals surface area (Å²) in [7, 11) is -3.52. The first kappa shape index (κ1) is 16.5. The smallest absolute Gasteiger partial charge is 0.271 e. The zero-order valence-electron chi connectivity index (χ0n) is 13.4. The molecule has 124 valence electrons. The van der Waals surface area contributed by atoms with E-state index >= 15 is 0 Å². The molecule has 0 aliphatic rings. The molecule has 0 aliphatic heterocycles. The molecule has 0 amide bonds. The minimum Gasteiger partial charge on any atom is -0.356 e. The van der Waals surface area contributed by atoms with Crippen LogP contribution in [-0.4, -0.2) is 8.42 Å². The summed E-state index contributed by atoms with van der Waals surface area (Å²) < 4.78 is 27.5. The van der Waals surface area contributed by atoms with Gasteiger partial charge in [-0.2, -0.15) is 0 Å². The zero-order valence-corrected chi connectivity index (χ0v) is 15.0. The Bertz CT molecular complexity index is 945. The largest absolute Gasteiger partial charge is 0.356 e. The van der Waals surface area contributed by atoms with Gasteiger partial charge in [-0.25, -0.2) is 8.42 Å². The van der Waals surface area contributed by atoms with E-state index in [0.717, 1.165) is 16.3 Å². The molecule has 6 heteroatoms. The third-order valence-corrected chi connectivity index (χ3v) is 6.30. The fourth-order valence-electron chi connectivity index (χ4n) is 2.27. The number of sulfonamides is 1. The molecule has 0 unspecified atom stereocenters. The maximum absolute atomic E-state index is 12.3. The van der Waals surface area contributed by atoms with Crippen molar-refractivity contribution in [2.24, 2.45) is 0 Å². The number of thiophene rings is 1. The van der Waals surface area contributed by atoms with Gasteiger partial charge in [0.1, 0.15) is 4.21 Å². The van der Waals surface area contributed by atoms with E-state index in [1.165, 1.54) is 16.9 Å². The normalized spacial score (nSPS) is 11.2. The molecule has 0 aliphatic carbocycles. The van der Waals surface area contributed by atoms with Crippen molar-refractivity contribution in [3.05, 3.63) is 71.1 Å². The van der Waals surface area contributed by atoms with E-state index in [0.29, 0.717) is 9.90 Å². The van der Waals surface area contributed by atoms with Gasteiger partial charge in [0.05, 0.1) is 0 Å². The van der Waals surface area contributed by atoms with Gasteiger partial charge in [-0.3, -0.25) is 4.72 Å². The number of benzene rings is 2. The van der Waals surface area contributed by atoms with E-state index in [4.69, 9.17) is 0 Å². The molecule has 3 aromatic rings. The summed E-state index contributed by atoms with van der Waals surface area (Å²) >= 11 is 1.26. The summed E-state index contributed by atoms with van der Waals surface area (Å²) in [4.78, 5) is 0.966. The first-order chi connectivity index (χ1) is 11.4. The SMILES string of the molecule is Cc1cccc(Nc2ccc(NS(=O)(=O)c3ccc(C)s3)cc2)c1. The highest BCUT2D eigenvalue weighted by atomic mass is 32.2. The van der Waals surface area contributed by atoms with Crippen molar-refractivity contribution >= 4 is 38.4 Å². The molecule has 0 atom stereocenters. The van der Waals surface area contributed by atoms with E-state index in [9.17, 15) is 8.42 Å². The standard InChI is InChI=1S/C18H18N2O2S2/c1-13-4-3-5-17(12-13)19-15-7-9-16(10-8-15)20-24(21,22)18-11-6-14(2)23-18/h3-12,19-20H,1-2H3. The molecule has 0 spiro atoms. The lowest BCUT2D eigenvalue weighted by molar-refractivity contribution is 0.603. The molecule has 2 N–H and O–H groups in total. The Morgan fingerprint density at radius 3 is 2.17 bits per heavy atom. The van der Waals surface area contributed by atoms with Gasteiger partial charge >= 0.3 is 0 Å². The number of rotatable bonds is 5. The highest BCUT2D eigenvalue weighted by Crippen LogP contribution is 2.25. The van der Waals surface area contributed by atoms with Crippen LogP contribution in [0.4, 0.5) is 17.1 Å². The monoisotopic (exact) mass is 358 g/mol. The van der Waals surface area contributed by atoms with Crippen LogP contribution in [0.1, 0.15) is 10.4 Å². The number of hydrogen-bond donors (Lipinski definition) is 2. The van der Waals surface area contributed by atoms with Crippen molar-refractivity contribution in [2.45, 2.75) is 18.1 Å². The maximum atomic E-state index is 12.3. The average molecular weight is 358 g/mol. The van der Waals surface area contributed by atoms with E-state index < -0.39 is 10.0 Å². The summed E-state index contributed by atoms with van der Waals surface area (Å²) in [6.45, 7) is 3.92. The first-order valence-electron chi connectivity index (χ1n) is 7.45. The summed E-state index contributed by atoms with van der Waals surface area (Å²) in [6.07, 6.45) is 0. The number of anilines is 3. The van der Waals surface area contributed by atoms with Crippen LogP contribution >= 0.6 is 11.3 Å². The summed E-state index contributed by atoms with van der Waals surface area (Å²) in [6, 6.07) is 18.7. The molecule has 0 radical (unpaired) electrons. The summed E-state index contributed by atoms with van der Waals surface area (Å²) in [5.74, 6) is 0. The lowest BCUT2D eigenvalue weighted by atomic mass is 10.2. The average Bonchev–Trinajstić information content (AvgIpc) is 2.97. The highest BCUT2D eigenvalue weighted by Gasteiger charge is 2.16. The molecule has 0 saturated carbocycles. The Balaban J connectivity index is 1.73. The van der Waals surface area contributed by atoms with Gasteiger partial charge in [0.25, 0.3) is 10.0 Å². The van der Waals surface area contributed by atoms with Crippen molar-refractivity contribution in [3.63, 3.8) is 0 Å². The van der Waals surface area contributed by atoms with E-state index in [-0.39, 0.29) is 0 Å². The second kappa shape index (κ2) is 6.67. The molecular formula is C18H18N2O2S2. The molecule has 0 fully saturated rings. The van der Waals surface area contributed by atoms with Crippen LogP contribution < -0.4 is 10.0 Å². The predicted octanol–water partition coefficient (Wildman–Crippen LogP) is 4.91. The quantitative estimate of drug-likeness (QED) is 0.681. The van der Waals surface area contributed by atoms with Crippen LogP contribution in [0, 0.1) is 13.8 Å². The lowest BCUT2D eigenvalue weighted by Gasteiger charge is -2.09. The van der Waals surface area contributed by atoms with Crippen molar-refractivity contribution < 1.29 is 8.42 Å². The topological polar surface area (TPSA) is 58.2 Å². The van der Waals surface area contributed by atoms with Crippen LogP contribution in [0.15, 0.2) is 64.9 Å². The van der Waals surface area contributed by atoms with Gasteiger partial charge in [-0.15, -0.1) is 11.3 Å². The van der Waals surface area contributed by atoms with Crippen molar-refractivity contribution in [2.75, 3.05) is 10.0 Å². The Morgan fingerprint density at radius 1 is 0.833 bits per heavy atom.